The molecule has 182 valence electrons. The molecule has 0 aliphatic heterocycles. The van der Waals surface area contributed by atoms with Crippen molar-refractivity contribution in [1.82, 2.24) is 0 Å². The van der Waals surface area contributed by atoms with E-state index >= 15 is 0 Å². The first-order valence-corrected chi connectivity index (χ1v) is 14.3. The van der Waals surface area contributed by atoms with E-state index in [9.17, 15) is 5.21 Å². The lowest BCUT2D eigenvalue weighted by molar-refractivity contribution is -0.848. The minimum absolute atomic E-state index is 0.522. The largest absolute Gasteiger partial charge is 0.634 e. The Morgan fingerprint density at radius 2 is 0.533 bits per heavy atom. The van der Waals surface area contributed by atoms with Crippen LogP contribution in [0.1, 0.15) is 168 Å². The Morgan fingerprint density at radius 1 is 0.333 bits per heavy atom. The van der Waals surface area contributed by atoms with E-state index in [1.807, 2.05) is 0 Å². The molecule has 1 N–H and O–H groups in total. The van der Waals surface area contributed by atoms with Gasteiger partial charge in [-0.3, -0.25) is 0 Å². The Morgan fingerprint density at radius 3 is 0.767 bits per heavy atom. The molecule has 0 saturated heterocycles. The van der Waals surface area contributed by atoms with Crippen LogP contribution in [0.25, 0.3) is 0 Å². The molecule has 0 aliphatic carbocycles. The van der Waals surface area contributed by atoms with Gasteiger partial charge in [-0.15, -0.1) is 0 Å². The molecule has 0 aliphatic rings. The van der Waals surface area contributed by atoms with Gasteiger partial charge in [-0.05, 0) is 25.7 Å². The van der Waals surface area contributed by atoms with Crippen LogP contribution in [0.5, 0.6) is 0 Å². The van der Waals surface area contributed by atoms with Gasteiger partial charge in [0.15, 0.2) is 0 Å². The monoisotopic (exact) mass is 425 g/mol. The molecule has 0 rings (SSSR count). The molecule has 0 bridgehead atoms. The lowest BCUT2D eigenvalue weighted by Crippen LogP contribution is -3.07. The second kappa shape index (κ2) is 27.0. The highest BCUT2D eigenvalue weighted by molar-refractivity contribution is 4.50. The third-order valence-corrected chi connectivity index (χ3v) is 6.62. The molecule has 0 aromatic heterocycles. The maximum atomic E-state index is 12.0. The summed E-state index contributed by atoms with van der Waals surface area (Å²) in [6.07, 6.45) is 32.9. The highest BCUT2D eigenvalue weighted by Gasteiger charge is 1.99. The predicted octanol–water partition coefficient (Wildman–Crippen LogP) is 8.77. The smallest absolute Gasteiger partial charge is 0.0768 e. The van der Waals surface area contributed by atoms with E-state index in [-0.39, 0.29) is 0 Å². The van der Waals surface area contributed by atoms with Crippen molar-refractivity contribution in [3.63, 3.8) is 0 Å². The van der Waals surface area contributed by atoms with Gasteiger partial charge in [0.25, 0.3) is 0 Å². The summed E-state index contributed by atoms with van der Waals surface area (Å²) in [5.74, 6) is 0. The highest BCUT2D eigenvalue weighted by atomic mass is 16.5. The van der Waals surface area contributed by atoms with Crippen LogP contribution in [-0.2, 0) is 0 Å². The summed E-state index contributed by atoms with van der Waals surface area (Å²) in [6.45, 7) is 6.25. The van der Waals surface area contributed by atoms with Gasteiger partial charge < -0.3 is 10.3 Å². The molecule has 0 aromatic carbocycles. The maximum Gasteiger partial charge on any atom is 0.0768 e. The van der Waals surface area contributed by atoms with Gasteiger partial charge in [0.1, 0.15) is 0 Å². The fourth-order valence-corrected chi connectivity index (χ4v) is 4.45. The van der Waals surface area contributed by atoms with Gasteiger partial charge in [-0.2, -0.15) is 0 Å². The zero-order valence-corrected chi connectivity index (χ0v) is 21.3. The first kappa shape index (κ1) is 29.9. The second-order valence-corrected chi connectivity index (χ2v) is 9.82. The van der Waals surface area contributed by atoms with Crippen molar-refractivity contribution in [3.8, 4) is 0 Å². The molecular weight excluding hydrogens is 366 g/mol. The van der Waals surface area contributed by atoms with Crippen LogP contribution < -0.4 is 5.06 Å². The number of hydrogen-bond acceptors (Lipinski definition) is 1. The van der Waals surface area contributed by atoms with E-state index in [1.165, 1.54) is 141 Å². The molecule has 0 atom stereocenters. The second-order valence-electron chi connectivity index (χ2n) is 9.82. The maximum absolute atomic E-state index is 12.0. The van der Waals surface area contributed by atoms with E-state index in [4.69, 9.17) is 0 Å². The molecule has 0 radical (unpaired) electrons. The summed E-state index contributed by atoms with van der Waals surface area (Å²) in [4.78, 5) is 0. The number of unbranched alkanes of at least 4 members (excludes halogenated alkanes) is 22. The number of rotatable bonds is 26. The van der Waals surface area contributed by atoms with Gasteiger partial charge in [0.2, 0.25) is 0 Å². The van der Waals surface area contributed by atoms with Crippen molar-refractivity contribution in [2.24, 2.45) is 0 Å². The zero-order chi connectivity index (χ0) is 22.0. The molecule has 2 nitrogen and oxygen atoms in total. The minimum atomic E-state index is 0.522. The van der Waals surface area contributed by atoms with Crippen molar-refractivity contribution in [2.75, 3.05) is 13.1 Å². The van der Waals surface area contributed by atoms with E-state index in [0.29, 0.717) is 5.06 Å². The highest BCUT2D eigenvalue weighted by Crippen LogP contribution is 2.12. The molecule has 0 fully saturated rings. The first-order chi connectivity index (χ1) is 14.8. The quantitative estimate of drug-likeness (QED) is 0.109. The summed E-state index contributed by atoms with van der Waals surface area (Å²) >= 11 is 0. The average Bonchev–Trinajstić information content (AvgIpc) is 2.75. The van der Waals surface area contributed by atoms with Crippen LogP contribution >= 0.6 is 0 Å². The predicted molar refractivity (Wildman–Crippen MR) is 136 cm³/mol. The summed E-state index contributed by atoms with van der Waals surface area (Å²) in [7, 11) is 0. The van der Waals surface area contributed by atoms with Gasteiger partial charge in [-0.25, -0.2) is 0 Å². The van der Waals surface area contributed by atoms with Crippen molar-refractivity contribution < 1.29 is 5.06 Å². The Balaban J connectivity index is 3.13. The molecule has 0 amide bonds. The topological polar surface area (TPSA) is 27.5 Å². The van der Waals surface area contributed by atoms with Gasteiger partial charge in [0, 0.05) is 0 Å². The van der Waals surface area contributed by atoms with E-state index < -0.39 is 0 Å². The lowest BCUT2D eigenvalue weighted by Gasteiger charge is -2.22. The zero-order valence-electron chi connectivity index (χ0n) is 21.3. The van der Waals surface area contributed by atoms with Crippen LogP contribution in [0.15, 0.2) is 0 Å². The van der Waals surface area contributed by atoms with Crippen LogP contribution in [0, 0.1) is 5.21 Å². The number of hydrogen-bond donors (Lipinski definition) is 1. The molecule has 0 spiro atoms. The van der Waals surface area contributed by atoms with Gasteiger partial charge in [0.05, 0.1) is 13.1 Å². The summed E-state index contributed by atoms with van der Waals surface area (Å²) < 4.78 is 0. The minimum Gasteiger partial charge on any atom is -0.634 e. The Bertz CT molecular complexity index is 266. The summed E-state index contributed by atoms with van der Waals surface area (Å²) in [5, 5.41) is 12.5. The molecule has 0 unspecified atom stereocenters. The van der Waals surface area contributed by atoms with Crippen LogP contribution in [0.2, 0.25) is 0 Å². The van der Waals surface area contributed by atoms with Crippen molar-refractivity contribution in [2.45, 2.75) is 168 Å². The van der Waals surface area contributed by atoms with E-state index in [2.05, 4.69) is 13.8 Å². The molecule has 30 heavy (non-hydrogen) atoms. The standard InChI is InChI=1S/C28H59NO/c1-3-5-7-9-11-13-15-17-19-21-23-25-27-29(30)28-26-24-22-20-18-16-14-12-10-8-6-4-2/h29H,3-28H2,1-2H3. The summed E-state index contributed by atoms with van der Waals surface area (Å²) in [5.41, 5.74) is 0. The average molecular weight is 426 g/mol. The van der Waals surface area contributed by atoms with E-state index in [1.54, 1.807) is 0 Å². The summed E-state index contributed by atoms with van der Waals surface area (Å²) in [6, 6.07) is 0. The SMILES string of the molecule is CCCCCCCCCCCCCC[NH+]([O-])CCCCCCCCCCCCCC. The normalized spacial score (nSPS) is 11.6. The number of quaternary nitrogens is 1. The lowest BCUT2D eigenvalue weighted by atomic mass is 10.1. The van der Waals surface area contributed by atoms with Gasteiger partial charge in [-0.1, -0.05) is 142 Å². The third kappa shape index (κ3) is 26.0. The fourth-order valence-electron chi connectivity index (χ4n) is 4.45. The van der Waals surface area contributed by atoms with Crippen molar-refractivity contribution in [3.05, 3.63) is 5.21 Å². The van der Waals surface area contributed by atoms with Crippen molar-refractivity contribution >= 4 is 0 Å². The fraction of sp³-hybridized carbons (Fsp3) is 1.00. The molecule has 0 aromatic rings. The Kier molecular flexibility index (Phi) is 26.9. The Hall–Kier alpha value is -0.0800. The number of nitrogens with one attached hydrogen (secondary N) is 1. The van der Waals surface area contributed by atoms with Crippen LogP contribution in [-0.4, -0.2) is 13.1 Å². The van der Waals surface area contributed by atoms with Crippen LogP contribution in [0.4, 0.5) is 0 Å². The first-order valence-electron chi connectivity index (χ1n) is 14.3. The molecular formula is C28H59NO. The molecule has 0 heterocycles. The van der Waals surface area contributed by atoms with E-state index in [0.717, 1.165) is 25.9 Å². The third-order valence-electron chi connectivity index (χ3n) is 6.62. The van der Waals surface area contributed by atoms with Crippen molar-refractivity contribution in [1.29, 1.82) is 0 Å². The number of hydroxylamine groups is 2. The Labute approximate surface area is 191 Å². The van der Waals surface area contributed by atoms with Crippen LogP contribution in [0.3, 0.4) is 0 Å². The molecule has 2 heteroatoms. The van der Waals surface area contributed by atoms with Gasteiger partial charge >= 0.3 is 0 Å². The molecule has 0 saturated carbocycles.